The van der Waals surface area contributed by atoms with Crippen LogP contribution < -0.4 is 5.32 Å². The fourth-order valence-electron chi connectivity index (χ4n) is 2.95. The molecular formula is C16H19FN4O. The molecule has 0 aliphatic carbocycles. The summed E-state index contributed by atoms with van der Waals surface area (Å²) in [6, 6.07) is 6.34. The number of hydrogen-bond donors (Lipinski definition) is 2. The van der Waals surface area contributed by atoms with Crippen molar-refractivity contribution >= 4 is 11.7 Å². The number of aryl methyl sites for hydroxylation is 1. The first-order valence-electron chi connectivity index (χ1n) is 7.39. The van der Waals surface area contributed by atoms with E-state index in [1.165, 1.54) is 6.07 Å². The number of anilines is 1. The summed E-state index contributed by atoms with van der Waals surface area (Å²) < 4.78 is 14.1. The number of benzene rings is 1. The lowest BCUT2D eigenvalue weighted by atomic mass is 10.0. The van der Waals surface area contributed by atoms with Crippen LogP contribution in [0, 0.1) is 12.7 Å². The number of halogens is 1. The molecule has 0 spiro atoms. The number of nitrogens with one attached hydrogen (secondary N) is 2. The molecule has 116 valence electrons. The molecule has 2 aromatic rings. The highest BCUT2D eigenvalue weighted by molar-refractivity contribution is 5.97. The Morgan fingerprint density at radius 3 is 2.91 bits per heavy atom. The minimum absolute atomic E-state index is 0.0934. The van der Waals surface area contributed by atoms with Crippen molar-refractivity contribution in [3.63, 3.8) is 0 Å². The molecule has 5 nitrogen and oxygen atoms in total. The third kappa shape index (κ3) is 2.62. The SMILES string of the molecule is Cc1[nH]nc(NC(=O)C2CCCN2C)c1-c1ccccc1F. The van der Waals surface area contributed by atoms with Crippen molar-refractivity contribution in [3.05, 3.63) is 35.8 Å². The van der Waals surface area contributed by atoms with Crippen molar-refractivity contribution in [3.8, 4) is 11.1 Å². The van der Waals surface area contributed by atoms with Crippen molar-refractivity contribution < 1.29 is 9.18 Å². The van der Waals surface area contributed by atoms with E-state index in [1.807, 2.05) is 18.9 Å². The first-order chi connectivity index (χ1) is 10.6. The molecule has 1 aliphatic rings. The number of H-pyrrole nitrogens is 1. The van der Waals surface area contributed by atoms with Gasteiger partial charge in [-0.3, -0.25) is 14.8 Å². The van der Waals surface area contributed by atoms with E-state index in [0.29, 0.717) is 16.9 Å². The van der Waals surface area contributed by atoms with Gasteiger partial charge in [-0.1, -0.05) is 18.2 Å². The Bertz CT molecular complexity index is 697. The van der Waals surface area contributed by atoms with Crippen LogP contribution in [0.2, 0.25) is 0 Å². The number of amides is 1. The molecular weight excluding hydrogens is 283 g/mol. The zero-order chi connectivity index (χ0) is 15.7. The molecule has 0 radical (unpaired) electrons. The van der Waals surface area contributed by atoms with Gasteiger partial charge in [-0.2, -0.15) is 5.10 Å². The van der Waals surface area contributed by atoms with E-state index < -0.39 is 0 Å². The number of likely N-dealkylation sites (N-methyl/N-ethyl adjacent to an activating group) is 1. The van der Waals surface area contributed by atoms with Crippen molar-refractivity contribution in [2.45, 2.75) is 25.8 Å². The predicted octanol–water partition coefficient (Wildman–Crippen LogP) is 2.56. The molecule has 1 atom stereocenters. The van der Waals surface area contributed by atoms with Gasteiger partial charge in [0.05, 0.1) is 6.04 Å². The average molecular weight is 302 g/mol. The van der Waals surface area contributed by atoms with Crippen LogP contribution in [0.5, 0.6) is 0 Å². The van der Waals surface area contributed by atoms with E-state index in [1.54, 1.807) is 18.2 Å². The Morgan fingerprint density at radius 1 is 1.45 bits per heavy atom. The van der Waals surface area contributed by atoms with Crippen LogP contribution in [0.15, 0.2) is 24.3 Å². The lowest BCUT2D eigenvalue weighted by Gasteiger charge is -2.18. The molecule has 0 bridgehead atoms. The van der Waals surface area contributed by atoms with Crippen LogP contribution >= 0.6 is 0 Å². The second kappa shape index (κ2) is 5.88. The molecule has 3 rings (SSSR count). The second-order valence-corrected chi connectivity index (χ2v) is 5.68. The average Bonchev–Trinajstić information content (AvgIpc) is 3.06. The smallest absolute Gasteiger partial charge is 0.242 e. The summed E-state index contributed by atoms with van der Waals surface area (Å²) in [6.07, 6.45) is 1.84. The highest BCUT2D eigenvalue weighted by atomic mass is 19.1. The maximum Gasteiger partial charge on any atom is 0.242 e. The fraction of sp³-hybridized carbons (Fsp3) is 0.375. The number of aromatic nitrogens is 2. The summed E-state index contributed by atoms with van der Waals surface area (Å²) in [5.41, 5.74) is 1.76. The summed E-state index contributed by atoms with van der Waals surface area (Å²) >= 11 is 0. The van der Waals surface area contributed by atoms with Crippen molar-refractivity contribution in [2.75, 3.05) is 18.9 Å². The van der Waals surface area contributed by atoms with Crippen LogP contribution in [0.1, 0.15) is 18.5 Å². The van der Waals surface area contributed by atoms with Crippen LogP contribution in [0.25, 0.3) is 11.1 Å². The topological polar surface area (TPSA) is 61.0 Å². The minimum atomic E-state index is -0.333. The van der Waals surface area contributed by atoms with Crippen LogP contribution in [-0.4, -0.2) is 40.6 Å². The van der Waals surface area contributed by atoms with E-state index in [4.69, 9.17) is 0 Å². The number of nitrogens with zero attached hydrogens (tertiary/aromatic N) is 2. The maximum absolute atomic E-state index is 14.1. The van der Waals surface area contributed by atoms with Gasteiger partial charge >= 0.3 is 0 Å². The van der Waals surface area contributed by atoms with E-state index in [9.17, 15) is 9.18 Å². The van der Waals surface area contributed by atoms with E-state index >= 15 is 0 Å². The van der Waals surface area contributed by atoms with E-state index in [0.717, 1.165) is 25.1 Å². The van der Waals surface area contributed by atoms with Crippen LogP contribution in [0.4, 0.5) is 10.2 Å². The summed E-state index contributed by atoms with van der Waals surface area (Å²) in [6.45, 7) is 2.73. The molecule has 1 unspecified atom stereocenters. The molecule has 1 amide bonds. The molecule has 22 heavy (non-hydrogen) atoms. The number of likely N-dealkylation sites (tertiary alicyclic amines) is 1. The maximum atomic E-state index is 14.1. The van der Waals surface area contributed by atoms with Gasteiger partial charge in [-0.05, 0) is 39.4 Å². The molecule has 0 saturated carbocycles. The molecule has 1 aromatic heterocycles. The third-order valence-electron chi connectivity index (χ3n) is 4.16. The summed E-state index contributed by atoms with van der Waals surface area (Å²) in [4.78, 5) is 14.4. The van der Waals surface area contributed by atoms with Gasteiger partial charge in [0.2, 0.25) is 5.91 Å². The third-order valence-corrected chi connectivity index (χ3v) is 4.16. The van der Waals surface area contributed by atoms with Crippen LogP contribution in [0.3, 0.4) is 0 Å². The molecule has 1 fully saturated rings. The molecule has 1 saturated heterocycles. The zero-order valence-corrected chi connectivity index (χ0v) is 12.7. The molecule has 6 heteroatoms. The van der Waals surface area contributed by atoms with Crippen molar-refractivity contribution in [2.24, 2.45) is 0 Å². The Labute approximate surface area is 128 Å². The Morgan fingerprint density at radius 2 is 2.23 bits per heavy atom. The Hall–Kier alpha value is -2.21. The van der Waals surface area contributed by atoms with Gasteiger partial charge in [0.15, 0.2) is 5.82 Å². The van der Waals surface area contributed by atoms with Gasteiger partial charge in [0.25, 0.3) is 0 Å². The number of carbonyl (C=O) groups is 1. The Balaban J connectivity index is 1.90. The fourth-order valence-corrected chi connectivity index (χ4v) is 2.95. The van der Waals surface area contributed by atoms with Gasteiger partial charge in [0.1, 0.15) is 5.82 Å². The first-order valence-corrected chi connectivity index (χ1v) is 7.39. The zero-order valence-electron chi connectivity index (χ0n) is 12.7. The number of rotatable bonds is 3. The molecule has 1 aromatic carbocycles. The molecule has 2 N–H and O–H groups in total. The monoisotopic (exact) mass is 302 g/mol. The van der Waals surface area contributed by atoms with E-state index in [-0.39, 0.29) is 17.8 Å². The number of carbonyl (C=O) groups excluding carboxylic acids is 1. The van der Waals surface area contributed by atoms with Gasteiger partial charge in [-0.25, -0.2) is 4.39 Å². The van der Waals surface area contributed by atoms with Crippen LogP contribution in [-0.2, 0) is 4.79 Å². The molecule has 1 aliphatic heterocycles. The highest BCUT2D eigenvalue weighted by Crippen LogP contribution is 2.31. The Kier molecular flexibility index (Phi) is 3.94. The van der Waals surface area contributed by atoms with E-state index in [2.05, 4.69) is 15.5 Å². The normalized spacial score (nSPS) is 18.6. The summed E-state index contributed by atoms with van der Waals surface area (Å²) in [5, 5.41) is 9.79. The standard InChI is InChI=1S/C16H19FN4O/c1-10-14(11-6-3-4-7-12(11)17)15(20-19-10)18-16(22)13-8-5-9-21(13)2/h3-4,6-7,13H,5,8-9H2,1-2H3,(H2,18,19,20,22). The van der Waals surface area contributed by atoms with Gasteiger partial charge in [-0.15, -0.1) is 0 Å². The lowest BCUT2D eigenvalue weighted by Crippen LogP contribution is -2.37. The highest BCUT2D eigenvalue weighted by Gasteiger charge is 2.29. The summed E-state index contributed by atoms with van der Waals surface area (Å²) in [7, 11) is 1.94. The van der Waals surface area contributed by atoms with Crippen molar-refractivity contribution in [1.29, 1.82) is 0 Å². The second-order valence-electron chi connectivity index (χ2n) is 5.68. The number of hydrogen-bond acceptors (Lipinski definition) is 3. The quantitative estimate of drug-likeness (QED) is 0.916. The molecule has 2 heterocycles. The minimum Gasteiger partial charge on any atom is -0.307 e. The lowest BCUT2D eigenvalue weighted by molar-refractivity contribution is -0.119. The number of aromatic amines is 1. The first kappa shape index (κ1) is 14.7. The largest absolute Gasteiger partial charge is 0.307 e. The summed E-state index contributed by atoms with van der Waals surface area (Å²) in [5.74, 6) is -0.0440. The predicted molar refractivity (Wildman–Crippen MR) is 83.0 cm³/mol. The van der Waals surface area contributed by atoms with Gasteiger partial charge < -0.3 is 5.32 Å². The van der Waals surface area contributed by atoms with Gasteiger partial charge in [0, 0.05) is 16.8 Å². The van der Waals surface area contributed by atoms with Crippen molar-refractivity contribution in [1.82, 2.24) is 15.1 Å².